The molecule has 2 rings (SSSR count). The molecular formula is C17H20ClNO5S. The van der Waals surface area contributed by atoms with Crippen molar-refractivity contribution in [2.75, 3.05) is 32.2 Å². The van der Waals surface area contributed by atoms with Gasteiger partial charge in [-0.3, -0.25) is 4.31 Å². The Morgan fingerprint density at radius 2 is 1.56 bits per heavy atom. The maximum atomic E-state index is 13.1. The monoisotopic (exact) mass is 385 g/mol. The van der Waals surface area contributed by atoms with E-state index < -0.39 is 10.0 Å². The van der Waals surface area contributed by atoms with E-state index in [1.54, 1.807) is 25.1 Å². The summed E-state index contributed by atoms with van der Waals surface area (Å²) in [4.78, 5) is 0.145. The molecule has 8 heteroatoms. The van der Waals surface area contributed by atoms with Crippen LogP contribution in [-0.2, 0) is 10.0 Å². The predicted octanol–water partition coefficient (Wildman–Crippen LogP) is 3.58. The minimum atomic E-state index is -3.80. The van der Waals surface area contributed by atoms with Gasteiger partial charge in [0.2, 0.25) is 0 Å². The number of hydrogen-bond donors (Lipinski definition) is 0. The van der Waals surface area contributed by atoms with Gasteiger partial charge >= 0.3 is 0 Å². The van der Waals surface area contributed by atoms with E-state index in [0.717, 1.165) is 0 Å². The molecule has 0 bridgehead atoms. The molecule has 0 amide bonds. The summed E-state index contributed by atoms with van der Waals surface area (Å²) in [5.74, 6) is 1.28. The first-order valence-corrected chi connectivity index (χ1v) is 9.29. The van der Waals surface area contributed by atoms with Gasteiger partial charge in [-0.1, -0.05) is 11.6 Å². The van der Waals surface area contributed by atoms with Crippen molar-refractivity contribution >= 4 is 27.3 Å². The van der Waals surface area contributed by atoms with Crippen LogP contribution in [0.2, 0.25) is 5.02 Å². The van der Waals surface area contributed by atoms with Gasteiger partial charge < -0.3 is 14.2 Å². The summed E-state index contributed by atoms with van der Waals surface area (Å²) in [6, 6.07) is 9.27. The number of nitrogens with zero attached hydrogens (tertiary/aromatic N) is 1. The molecule has 0 fully saturated rings. The second-order valence-electron chi connectivity index (χ2n) is 5.00. The number of ether oxygens (including phenoxy) is 3. The fourth-order valence-electron chi connectivity index (χ4n) is 2.38. The second kappa shape index (κ2) is 7.84. The average Bonchev–Trinajstić information content (AvgIpc) is 2.62. The third kappa shape index (κ3) is 3.77. The fraction of sp³-hybridized carbons (Fsp3) is 0.294. The Hall–Kier alpha value is -2.12. The van der Waals surface area contributed by atoms with E-state index >= 15 is 0 Å². The van der Waals surface area contributed by atoms with Gasteiger partial charge in [-0.15, -0.1) is 0 Å². The lowest BCUT2D eigenvalue weighted by Crippen LogP contribution is -2.31. The summed E-state index contributed by atoms with van der Waals surface area (Å²) < 4.78 is 43.0. The summed E-state index contributed by atoms with van der Waals surface area (Å²) in [7, 11) is 0.638. The zero-order valence-electron chi connectivity index (χ0n) is 14.4. The van der Waals surface area contributed by atoms with Gasteiger partial charge in [0, 0.05) is 18.7 Å². The SMILES string of the molecule is CCN(c1cc(OC)c(Cl)cc1OC)S(=O)(=O)c1ccc(OC)cc1. The van der Waals surface area contributed by atoms with E-state index in [-0.39, 0.29) is 11.4 Å². The lowest BCUT2D eigenvalue weighted by Gasteiger charge is -2.25. The maximum Gasteiger partial charge on any atom is 0.264 e. The molecule has 0 spiro atoms. The molecule has 0 saturated carbocycles. The molecule has 0 atom stereocenters. The van der Waals surface area contributed by atoms with E-state index in [2.05, 4.69) is 0 Å². The van der Waals surface area contributed by atoms with Crippen molar-refractivity contribution in [3.05, 3.63) is 41.4 Å². The molecule has 0 N–H and O–H groups in total. The molecule has 2 aromatic carbocycles. The Labute approximate surface area is 152 Å². The molecular weight excluding hydrogens is 366 g/mol. The fourth-order valence-corrected chi connectivity index (χ4v) is 4.09. The Balaban J connectivity index is 2.57. The highest BCUT2D eigenvalue weighted by Crippen LogP contribution is 2.40. The smallest absolute Gasteiger partial charge is 0.264 e. The van der Waals surface area contributed by atoms with Gasteiger partial charge in [0.15, 0.2) is 0 Å². The van der Waals surface area contributed by atoms with Crippen LogP contribution >= 0.6 is 11.6 Å². The van der Waals surface area contributed by atoms with Crippen molar-refractivity contribution in [3.63, 3.8) is 0 Å². The van der Waals surface area contributed by atoms with Gasteiger partial charge in [0.25, 0.3) is 10.0 Å². The number of hydrogen-bond acceptors (Lipinski definition) is 5. The molecule has 25 heavy (non-hydrogen) atoms. The molecule has 0 saturated heterocycles. The van der Waals surface area contributed by atoms with Crippen LogP contribution in [0.4, 0.5) is 5.69 Å². The van der Waals surface area contributed by atoms with Gasteiger partial charge in [-0.25, -0.2) is 8.42 Å². The molecule has 0 aliphatic rings. The first-order valence-electron chi connectivity index (χ1n) is 7.47. The highest BCUT2D eigenvalue weighted by molar-refractivity contribution is 7.92. The third-order valence-corrected chi connectivity index (χ3v) is 5.86. The normalized spacial score (nSPS) is 11.1. The van der Waals surface area contributed by atoms with E-state index in [9.17, 15) is 8.42 Å². The van der Waals surface area contributed by atoms with Crippen molar-refractivity contribution in [2.45, 2.75) is 11.8 Å². The van der Waals surface area contributed by atoms with E-state index in [4.69, 9.17) is 25.8 Å². The van der Waals surface area contributed by atoms with Crippen LogP contribution in [0.15, 0.2) is 41.3 Å². The molecule has 0 aliphatic carbocycles. The molecule has 0 heterocycles. The topological polar surface area (TPSA) is 65.1 Å². The van der Waals surface area contributed by atoms with E-state index in [1.807, 2.05) is 0 Å². The quantitative estimate of drug-likeness (QED) is 0.728. The lowest BCUT2D eigenvalue weighted by molar-refractivity contribution is 0.404. The van der Waals surface area contributed by atoms with Gasteiger partial charge in [0.1, 0.15) is 17.2 Å². The number of anilines is 1. The van der Waals surface area contributed by atoms with Crippen LogP contribution in [-0.4, -0.2) is 36.3 Å². The van der Waals surface area contributed by atoms with Crippen molar-refractivity contribution in [2.24, 2.45) is 0 Å². The highest BCUT2D eigenvalue weighted by Gasteiger charge is 2.27. The zero-order valence-corrected chi connectivity index (χ0v) is 16.0. The summed E-state index contributed by atoms with van der Waals surface area (Å²) in [6.07, 6.45) is 0. The Morgan fingerprint density at radius 3 is 2.04 bits per heavy atom. The first kappa shape index (κ1) is 19.2. The van der Waals surface area contributed by atoms with Gasteiger partial charge in [0.05, 0.1) is 36.9 Å². The number of halogens is 1. The Morgan fingerprint density at radius 1 is 0.960 bits per heavy atom. The number of methoxy groups -OCH3 is 3. The van der Waals surface area contributed by atoms with Crippen LogP contribution < -0.4 is 18.5 Å². The van der Waals surface area contributed by atoms with Crippen molar-refractivity contribution in [1.82, 2.24) is 0 Å². The lowest BCUT2D eigenvalue weighted by atomic mass is 10.2. The summed E-state index contributed by atoms with van der Waals surface area (Å²) >= 11 is 6.11. The van der Waals surface area contributed by atoms with E-state index in [0.29, 0.717) is 28.0 Å². The van der Waals surface area contributed by atoms with Crippen LogP contribution in [0.25, 0.3) is 0 Å². The largest absolute Gasteiger partial charge is 0.497 e. The number of rotatable bonds is 7. The van der Waals surface area contributed by atoms with E-state index in [1.165, 1.54) is 43.8 Å². The highest BCUT2D eigenvalue weighted by atomic mass is 35.5. The second-order valence-corrected chi connectivity index (χ2v) is 7.27. The number of sulfonamides is 1. The molecule has 2 aromatic rings. The molecule has 0 radical (unpaired) electrons. The van der Waals surface area contributed by atoms with Gasteiger partial charge in [-0.2, -0.15) is 0 Å². The predicted molar refractivity (Wildman–Crippen MR) is 97.8 cm³/mol. The summed E-state index contributed by atoms with van der Waals surface area (Å²) in [5, 5.41) is 0.334. The van der Waals surface area contributed by atoms with Crippen molar-refractivity contribution in [1.29, 1.82) is 0 Å². The maximum absolute atomic E-state index is 13.1. The summed E-state index contributed by atoms with van der Waals surface area (Å²) in [6.45, 7) is 1.94. The Bertz CT molecular complexity index is 837. The minimum absolute atomic E-state index is 0.145. The van der Waals surface area contributed by atoms with Crippen molar-refractivity contribution < 1.29 is 22.6 Å². The summed E-state index contributed by atoms with van der Waals surface area (Å²) in [5.41, 5.74) is 0.349. The number of benzene rings is 2. The molecule has 6 nitrogen and oxygen atoms in total. The third-order valence-electron chi connectivity index (χ3n) is 3.66. The molecule has 0 aliphatic heterocycles. The van der Waals surface area contributed by atoms with Crippen LogP contribution in [0.5, 0.6) is 17.2 Å². The minimum Gasteiger partial charge on any atom is -0.497 e. The first-order chi connectivity index (χ1) is 11.9. The molecule has 0 unspecified atom stereocenters. The molecule has 136 valence electrons. The van der Waals surface area contributed by atoms with Crippen LogP contribution in [0.3, 0.4) is 0 Å². The van der Waals surface area contributed by atoms with Gasteiger partial charge in [-0.05, 0) is 31.2 Å². The molecule has 0 aromatic heterocycles. The van der Waals surface area contributed by atoms with Crippen molar-refractivity contribution in [3.8, 4) is 17.2 Å². The Kier molecular flexibility index (Phi) is 6.02. The van der Waals surface area contributed by atoms with Crippen LogP contribution in [0, 0.1) is 0 Å². The standard InChI is InChI=1S/C17H20ClNO5S/c1-5-19(15-11-16(23-3)14(18)10-17(15)24-4)25(20,21)13-8-6-12(22-2)7-9-13/h6-11H,5H2,1-4H3. The zero-order chi connectivity index (χ0) is 18.6. The average molecular weight is 386 g/mol. The van der Waals surface area contributed by atoms with Crippen LogP contribution in [0.1, 0.15) is 6.92 Å².